The third-order valence-corrected chi connectivity index (χ3v) is 8.25. The van der Waals surface area contributed by atoms with Crippen molar-refractivity contribution in [2.45, 2.75) is 29.7 Å². The Morgan fingerprint density at radius 3 is 3.00 bits per heavy atom. The van der Waals surface area contributed by atoms with E-state index in [1.165, 1.54) is 16.0 Å². The third kappa shape index (κ3) is 3.79. The Labute approximate surface area is 208 Å². The van der Waals surface area contributed by atoms with Crippen LogP contribution in [-0.2, 0) is 6.42 Å². The zero-order valence-corrected chi connectivity index (χ0v) is 20.8. The summed E-state index contributed by atoms with van der Waals surface area (Å²) in [7, 11) is 1.71. The average molecular weight is 495 g/mol. The van der Waals surface area contributed by atoms with Crippen molar-refractivity contribution in [2.75, 3.05) is 43.5 Å². The minimum atomic E-state index is 0.181. The number of piperazine rings is 1. The zero-order valence-electron chi connectivity index (χ0n) is 19.2. The van der Waals surface area contributed by atoms with Crippen molar-refractivity contribution in [3.63, 3.8) is 0 Å². The van der Waals surface area contributed by atoms with E-state index in [2.05, 4.69) is 62.7 Å². The summed E-state index contributed by atoms with van der Waals surface area (Å²) in [5.41, 5.74) is 4.67. The molecule has 2 N–H and O–H groups in total. The summed E-state index contributed by atoms with van der Waals surface area (Å²) < 4.78 is 5.75. The normalized spacial score (nSPS) is 21.6. The molecule has 7 nitrogen and oxygen atoms in total. The summed E-state index contributed by atoms with van der Waals surface area (Å²) in [4.78, 5) is 15.3. The Morgan fingerprint density at radius 1 is 1.24 bits per heavy atom. The SMILES string of the molecule is COc1cc2c(cc1Nc1ncc(Cl)c(N3c4ccccc4SC3C)n1)C1CNCCN1CC2. The second kappa shape index (κ2) is 8.92. The van der Waals surface area contributed by atoms with E-state index in [1.807, 2.05) is 6.07 Å². The highest BCUT2D eigenvalue weighted by Crippen LogP contribution is 2.48. The van der Waals surface area contributed by atoms with E-state index < -0.39 is 0 Å². The molecular formula is C25H27ClN6OS. The van der Waals surface area contributed by atoms with Crippen LogP contribution in [0.4, 0.5) is 23.1 Å². The lowest BCUT2D eigenvalue weighted by Crippen LogP contribution is -2.48. The number of methoxy groups -OCH3 is 1. The number of halogens is 1. The lowest BCUT2D eigenvalue weighted by Gasteiger charge is -2.41. The van der Waals surface area contributed by atoms with Gasteiger partial charge in [0, 0.05) is 37.1 Å². The van der Waals surface area contributed by atoms with Gasteiger partial charge in [0.2, 0.25) is 5.95 Å². The van der Waals surface area contributed by atoms with Gasteiger partial charge in [0.05, 0.1) is 30.1 Å². The zero-order chi connectivity index (χ0) is 23.2. The highest BCUT2D eigenvalue weighted by molar-refractivity contribution is 8.00. The molecule has 3 aliphatic heterocycles. The van der Waals surface area contributed by atoms with E-state index in [9.17, 15) is 0 Å². The number of anilines is 4. The molecule has 3 aromatic rings. The number of hydrogen-bond donors (Lipinski definition) is 2. The molecular weight excluding hydrogens is 468 g/mol. The first-order valence-corrected chi connectivity index (χ1v) is 12.9. The highest BCUT2D eigenvalue weighted by atomic mass is 35.5. The lowest BCUT2D eigenvalue weighted by atomic mass is 9.90. The summed E-state index contributed by atoms with van der Waals surface area (Å²) >= 11 is 8.40. The van der Waals surface area contributed by atoms with Gasteiger partial charge in [-0.05, 0) is 48.7 Å². The Balaban J connectivity index is 1.36. The molecule has 3 aliphatic rings. The standard InChI is InChI=1S/C25H27ClN6OS/c1-15-32(20-5-3-4-6-23(20)34-15)24-18(26)13-28-25(30-24)29-19-12-17-16(11-22(19)33-2)7-9-31-10-8-27-14-21(17)31/h3-6,11-13,15,21,27H,7-10,14H2,1-2H3,(H,28,29,30). The molecule has 34 heavy (non-hydrogen) atoms. The van der Waals surface area contributed by atoms with Crippen molar-refractivity contribution in [2.24, 2.45) is 0 Å². The van der Waals surface area contributed by atoms with Crippen LogP contribution in [0.25, 0.3) is 0 Å². The van der Waals surface area contributed by atoms with Crippen LogP contribution in [0.3, 0.4) is 0 Å². The predicted octanol–water partition coefficient (Wildman–Crippen LogP) is 4.97. The van der Waals surface area contributed by atoms with E-state index in [0.717, 1.165) is 49.7 Å². The highest BCUT2D eigenvalue weighted by Gasteiger charge is 2.32. The maximum atomic E-state index is 6.60. The minimum Gasteiger partial charge on any atom is -0.495 e. The predicted molar refractivity (Wildman–Crippen MR) is 138 cm³/mol. The molecule has 2 atom stereocenters. The number of para-hydroxylation sites is 1. The van der Waals surface area contributed by atoms with Crippen molar-refractivity contribution < 1.29 is 4.74 Å². The first kappa shape index (κ1) is 22.0. The molecule has 2 unspecified atom stereocenters. The topological polar surface area (TPSA) is 65.5 Å². The van der Waals surface area contributed by atoms with Crippen LogP contribution in [0.15, 0.2) is 47.5 Å². The van der Waals surface area contributed by atoms with Gasteiger partial charge in [0.15, 0.2) is 5.82 Å². The second-order valence-corrected chi connectivity index (χ2v) is 10.6. The summed E-state index contributed by atoms with van der Waals surface area (Å²) in [6.45, 7) is 6.34. The maximum Gasteiger partial charge on any atom is 0.229 e. The van der Waals surface area contributed by atoms with E-state index in [-0.39, 0.29) is 5.37 Å². The van der Waals surface area contributed by atoms with E-state index in [1.54, 1.807) is 25.1 Å². The van der Waals surface area contributed by atoms with E-state index in [0.29, 0.717) is 22.8 Å². The second-order valence-electron chi connectivity index (χ2n) is 8.80. The van der Waals surface area contributed by atoms with Crippen molar-refractivity contribution in [1.82, 2.24) is 20.2 Å². The quantitative estimate of drug-likeness (QED) is 0.526. The number of aromatic nitrogens is 2. The molecule has 1 saturated heterocycles. The van der Waals surface area contributed by atoms with Crippen LogP contribution in [0.1, 0.15) is 24.1 Å². The van der Waals surface area contributed by atoms with Gasteiger partial charge in [0.1, 0.15) is 10.8 Å². The molecule has 1 aromatic heterocycles. The fourth-order valence-electron chi connectivity index (χ4n) is 5.20. The van der Waals surface area contributed by atoms with Crippen LogP contribution >= 0.6 is 23.4 Å². The van der Waals surface area contributed by atoms with Gasteiger partial charge in [-0.1, -0.05) is 35.5 Å². The summed E-state index contributed by atoms with van der Waals surface area (Å²) in [6.07, 6.45) is 2.70. The molecule has 2 aromatic carbocycles. The smallest absolute Gasteiger partial charge is 0.229 e. The molecule has 0 saturated carbocycles. The lowest BCUT2D eigenvalue weighted by molar-refractivity contribution is 0.151. The summed E-state index contributed by atoms with van der Waals surface area (Å²) in [5.74, 6) is 1.99. The fraction of sp³-hybridized carbons (Fsp3) is 0.360. The fourth-order valence-corrected chi connectivity index (χ4v) is 6.51. The molecule has 6 rings (SSSR count). The van der Waals surface area contributed by atoms with Crippen LogP contribution in [0.2, 0.25) is 5.02 Å². The van der Waals surface area contributed by atoms with Crippen molar-refractivity contribution in [1.29, 1.82) is 0 Å². The third-order valence-electron chi connectivity index (χ3n) is 6.83. The van der Waals surface area contributed by atoms with E-state index in [4.69, 9.17) is 21.3 Å². The molecule has 0 bridgehead atoms. The van der Waals surface area contributed by atoms with Gasteiger partial charge < -0.3 is 20.3 Å². The summed E-state index contributed by atoms with van der Waals surface area (Å²) in [5, 5.41) is 7.67. The number of ether oxygens (including phenoxy) is 1. The number of benzene rings is 2. The minimum absolute atomic E-state index is 0.181. The molecule has 1 fully saturated rings. The van der Waals surface area contributed by atoms with Crippen LogP contribution in [-0.4, -0.2) is 53.5 Å². The molecule has 4 heterocycles. The van der Waals surface area contributed by atoms with Gasteiger partial charge in [-0.2, -0.15) is 4.98 Å². The first-order chi connectivity index (χ1) is 16.6. The largest absolute Gasteiger partial charge is 0.495 e. The number of fused-ring (bicyclic) bond motifs is 4. The van der Waals surface area contributed by atoms with Gasteiger partial charge in [-0.3, -0.25) is 4.90 Å². The van der Waals surface area contributed by atoms with Crippen LogP contribution in [0, 0.1) is 0 Å². The van der Waals surface area contributed by atoms with Crippen molar-refractivity contribution >= 4 is 46.5 Å². The number of thioether (sulfide) groups is 1. The summed E-state index contributed by atoms with van der Waals surface area (Å²) in [6, 6.07) is 13.1. The average Bonchev–Trinajstić information content (AvgIpc) is 3.20. The molecule has 0 radical (unpaired) electrons. The van der Waals surface area contributed by atoms with Crippen LogP contribution < -0.4 is 20.3 Å². The van der Waals surface area contributed by atoms with Crippen molar-refractivity contribution in [3.8, 4) is 5.75 Å². The van der Waals surface area contributed by atoms with Gasteiger partial charge in [-0.25, -0.2) is 4.98 Å². The molecule has 0 aliphatic carbocycles. The Hall–Kier alpha value is -2.52. The number of nitrogens with zero attached hydrogens (tertiary/aromatic N) is 4. The van der Waals surface area contributed by atoms with Crippen LogP contribution in [0.5, 0.6) is 5.75 Å². The Kier molecular flexibility index (Phi) is 5.77. The number of hydrogen-bond acceptors (Lipinski definition) is 8. The van der Waals surface area contributed by atoms with Gasteiger partial charge in [-0.15, -0.1) is 0 Å². The van der Waals surface area contributed by atoms with Gasteiger partial charge in [0.25, 0.3) is 0 Å². The molecule has 0 spiro atoms. The molecule has 176 valence electrons. The first-order valence-electron chi connectivity index (χ1n) is 11.6. The number of nitrogens with one attached hydrogen (secondary N) is 2. The van der Waals surface area contributed by atoms with Crippen molar-refractivity contribution in [3.05, 3.63) is 58.7 Å². The Bertz CT molecular complexity index is 1240. The van der Waals surface area contributed by atoms with Gasteiger partial charge >= 0.3 is 0 Å². The monoisotopic (exact) mass is 494 g/mol. The maximum absolute atomic E-state index is 6.60. The Morgan fingerprint density at radius 2 is 2.12 bits per heavy atom. The van der Waals surface area contributed by atoms with E-state index >= 15 is 0 Å². The molecule has 0 amide bonds. The number of rotatable bonds is 4. The molecule has 9 heteroatoms.